The van der Waals surface area contributed by atoms with Crippen LogP contribution in [0.2, 0.25) is 0 Å². The molecule has 6 aromatic rings. The van der Waals surface area contributed by atoms with Crippen molar-refractivity contribution in [2.24, 2.45) is 11.8 Å². The van der Waals surface area contributed by atoms with Gasteiger partial charge in [-0.05, 0) is 101 Å². The number of halogens is 14. The van der Waals surface area contributed by atoms with Crippen molar-refractivity contribution in [3.8, 4) is 11.5 Å². The molecule has 0 bridgehead atoms. The highest BCUT2D eigenvalue weighted by atomic mass is 19.3. The fourth-order valence-electron chi connectivity index (χ4n) is 10.4. The number of nitrogens with one attached hydrogen (secondary N) is 4. The second-order valence-electron chi connectivity index (χ2n) is 20.5. The van der Waals surface area contributed by atoms with E-state index in [1.165, 1.54) is 31.4 Å². The van der Waals surface area contributed by atoms with Crippen molar-refractivity contribution in [1.29, 1.82) is 0 Å². The van der Waals surface area contributed by atoms with Gasteiger partial charge in [-0.15, -0.1) is 0 Å². The Morgan fingerprint density at radius 2 is 0.931 bits per heavy atom. The Labute approximate surface area is 487 Å². The quantitative estimate of drug-likeness (QED) is 0.0368. The first-order valence-electron chi connectivity index (χ1n) is 26.3. The van der Waals surface area contributed by atoms with E-state index in [-0.39, 0.29) is 47.9 Å². The molecule has 6 aromatic carbocycles. The lowest BCUT2D eigenvalue weighted by molar-refractivity contribution is -0.253. The third-order valence-corrected chi connectivity index (χ3v) is 14.5. The number of carbonyl (C=O) groups is 4. The van der Waals surface area contributed by atoms with Gasteiger partial charge in [-0.25, -0.2) is 35.9 Å². The van der Waals surface area contributed by atoms with Crippen LogP contribution in [0.15, 0.2) is 146 Å². The molecule has 0 saturated heterocycles. The smallest absolute Gasteiger partial charge is 0.461 e. The van der Waals surface area contributed by atoms with Gasteiger partial charge in [0, 0.05) is 31.4 Å². The molecule has 2 saturated carbocycles. The maximum atomic E-state index is 14.9. The van der Waals surface area contributed by atoms with Crippen LogP contribution in [0.5, 0.6) is 11.5 Å². The highest BCUT2D eigenvalue weighted by Crippen LogP contribution is 2.43. The summed E-state index contributed by atoms with van der Waals surface area (Å²) >= 11 is 0. The largest absolute Gasteiger partial charge is 0.469 e. The molecule has 0 aliphatic heterocycles. The minimum Gasteiger partial charge on any atom is -0.469 e. The van der Waals surface area contributed by atoms with Crippen LogP contribution >= 0.6 is 0 Å². The maximum Gasteiger partial charge on any atom is 0.461 e. The Morgan fingerprint density at radius 1 is 0.529 bits per heavy atom. The monoisotopic (exact) mass is 1240 g/mol. The molecule has 87 heavy (non-hydrogen) atoms. The number of aliphatic hydroxyl groups excluding tert-OH is 1. The standard InChI is InChI=1S/C30H26F8N2O4.C30H28F6N2O5/c1-43-25(41)18-11-24(29(35,36)16-18)39-27(42)40-28(15-17-5-3-2-4-6-17,19-7-9-21(31)10-8-19)20-12-22(32)14-23(13-20)44-30(37,38)26(33)34;1-42-26(40)18-11-24(25(39)12-18)37-28(41)38-29(16-17-5-3-2-4-6-17,19-7-9-21(31)10-8-19)20-13-22(32)15-23(14-20)43-30(35,36)27(33)34/h2-10,12-14,18,24,26H,11,15-16H2,1H3,(H2,39,40,42);2-10,13-15,18,24-25,27,39H,11-12,16H2,1H3,(H2,37,38,41)/t18-,24+,28+;18-,24+,25+,29+/m00/s1. The molecule has 0 radical (unpaired) electrons. The lowest BCUT2D eigenvalue weighted by Gasteiger charge is -2.37. The number of aliphatic hydroxyl groups is 1. The van der Waals surface area contributed by atoms with Gasteiger partial charge < -0.3 is 45.3 Å². The second-order valence-corrected chi connectivity index (χ2v) is 20.5. The first-order chi connectivity index (χ1) is 41.0. The molecule has 2 aliphatic carbocycles. The Kier molecular flexibility index (Phi) is 20.8. The molecule has 0 spiro atoms. The molecule has 0 heterocycles. The van der Waals surface area contributed by atoms with Crippen molar-refractivity contribution in [2.75, 3.05) is 14.2 Å². The van der Waals surface area contributed by atoms with Gasteiger partial charge in [-0.1, -0.05) is 84.9 Å². The zero-order valence-corrected chi connectivity index (χ0v) is 45.6. The number of rotatable bonds is 20. The summed E-state index contributed by atoms with van der Waals surface area (Å²) in [6.45, 7) is 0. The minimum atomic E-state index is -5.02. The number of esters is 2. The van der Waals surface area contributed by atoms with E-state index in [1.54, 1.807) is 60.7 Å². The number of benzene rings is 6. The third kappa shape index (κ3) is 16.3. The molecule has 8 rings (SSSR count). The van der Waals surface area contributed by atoms with Crippen LogP contribution < -0.4 is 30.7 Å². The fraction of sp³-hybridized carbons (Fsp3) is 0.333. The van der Waals surface area contributed by atoms with Gasteiger partial charge in [0.2, 0.25) is 0 Å². The van der Waals surface area contributed by atoms with Crippen molar-refractivity contribution >= 4 is 24.0 Å². The van der Waals surface area contributed by atoms with Crippen LogP contribution in [0.1, 0.15) is 59.1 Å². The molecule has 7 atom stereocenters. The van der Waals surface area contributed by atoms with Crippen LogP contribution in [-0.4, -0.2) is 92.5 Å². The van der Waals surface area contributed by atoms with Gasteiger partial charge in [-0.2, -0.15) is 35.1 Å². The van der Waals surface area contributed by atoms with E-state index in [2.05, 4.69) is 35.5 Å². The van der Waals surface area contributed by atoms with Gasteiger partial charge in [0.1, 0.15) is 34.8 Å². The van der Waals surface area contributed by atoms with Crippen molar-refractivity contribution < 1.29 is 105 Å². The maximum absolute atomic E-state index is 14.9. The van der Waals surface area contributed by atoms with Gasteiger partial charge in [0.15, 0.2) is 0 Å². The summed E-state index contributed by atoms with van der Waals surface area (Å²) in [4.78, 5) is 50.9. The lowest BCUT2D eigenvalue weighted by atomic mass is 9.77. The van der Waals surface area contributed by atoms with E-state index in [1.807, 2.05) is 0 Å². The zero-order chi connectivity index (χ0) is 63.6. The van der Waals surface area contributed by atoms with Crippen LogP contribution in [0.25, 0.3) is 0 Å². The molecule has 13 nitrogen and oxygen atoms in total. The van der Waals surface area contributed by atoms with E-state index in [4.69, 9.17) is 4.74 Å². The number of alkyl halides is 10. The number of hydrogen-bond acceptors (Lipinski definition) is 9. The van der Waals surface area contributed by atoms with Crippen LogP contribution in [0.3, 0.4) is 0 Å². The van der Waals surface area contributed by atoms with E-state index < -0.39 is 144 Å². The number of methoxy groups -OCH3 is 2. The van der Waals surface area contributed by atoms with Gasteiger partial charge in [0.05, 0.1) is 55.3 Å². The van der Waals surface area contributed by atoms with E-state index >= 15 is 0 Å². The van der Waals surface area contributed by atoms with Crippen molar-refractivity contribution in [3.05, 3.63) is 202 Å². The summed E-state index contributed by atoms with van der Waals surface area (Å²) in [5.74, 6) is -12.6. The molecule has 2 aliphatic rings. The number of ether oxygens (including phenoxy) is 4. The van der Waals surface area contributed by atoms with Crippen molar-refractivity contribution in [2.45, 2.75) is 98.8 Å². The molecule has 5 N–H and O–H groups in total. The van der Waals surface area contributed by atoms with Crippen LogP contribution in [-0.2, 0) is 43.0 Å². The number of urea groups is 2. The Bertz CT molecular complexity index is 3340. The molecular formula is C60H54F14N4O9. The third-order valence-electron chi connectivity index (χ3n) is 14.5. The minimum absolute atomic E-state index is 0.0215. The normalized spacial score (nSPS) is 19.6. The predicted molar refractivity (Wildman–Crippen MR) is 282 cm³/mol. The summed E-state index contributed by atoms with van der Waals surface area (Å²) in [6, 6.07) is 24.9. The zero-order valence-electron chi connectivity index (χ0n) is 45.6. The number of carbonyl (C=O) groups excluding carboxylic acids is 4. The first-order valence-corrected chi connectivity index (χ1v) is 26.3. The Balaban J connectivity index is 0.000000249. The van der Waals surface area contributed by atoms with Crippen molar-refractivity contribution in [3.63, 3.8) is 0 Å². The Morgan fingerprint density at radius 3 is 1.33 bits per heavy atom. The van der Waals surface area contributed by atoms with Crippen molar-refractivity contribution in [1.82, 2.24) is 21.3 Å². The van der Waals surface area contributed by atoms with E-state index in [9.17, 15) is 85.8 Å². The van der Waals surface area contributed by atoms with Gasteiger partial charge >= 0.3 is 49.1 Å². The average Bonchev–Trinajstić information content (AvgIpc) is 1.74. The molecular weight excluding hydrogens is 1190 g/mol. The summed E-state index contributed by atoms with van der Waals surface area (Å²) < 4.78 is 212. The first kappa shape index (κ1) is 65.9. The molecule has 0 aromatic heterocycles. The predicted octanol–water partition coefficient (Wildman–Crippen LogP) is 11.9. The number of hydrogen-bond donors (Lipinski definition) is 5. The number of amides is 4. The van der Waals surface area contributed by atoms with Crippen LogP contribution in [0.4, 0.5) is 71.1 Å². The average molecular weight is 1240 g/mol. The van der Waals surface area contributed by atoms with Crippen LogP contribution in [0, 0.1) is 35.1 Å². The molecule has 0 unspecified atom stereocenters. The molecule has 4 amide bonds. The molecule has 27 heteroatoms. The fourth-order valence-corrected chi connectivity index (χ4v) is 10.4. The van der Waals surface area contributed by atoms with Gasteiger partial charge in [-0.3, -0.25) is 9.59 Å². The summed E-state index contributed by atoms with van der Waals surface area (Å²) in [5.41, 5.74) is -3.13. The summed E-state index contributed by atoms with van der Waals surface area (Å²) in [7, 11) is 2.22. The highest BCUT2D eigenvalue weighted by molar-refractivity contribution is 5.79. The highest BCUT2D eigenvalue weighted by Gasteiger charge is 2.53. The van der Waals surface area contributed by atoms with Gasteiger partial charge in [0.25, 0.3) is 5.92 Å². The molecule has 466 valence electrons. The van der Waals surface area contributed by atoms with E-state index in [0.717, 1.165) is 55.6 Å². The topological polar surface area (TPSA) is 174 Å². The lowest BCUT2D eigenvalue weighted by Crippen LogP contribution is -2.56. The summed E-state index contributed by atoms with van der Waals surface area (Å²) in [5, 5.41) is 20.4. The van der Waals surface area contributed by atoms with E-state index in [0.29, 0.717) is 23.3 Å². The second kappa shape index (κ2) is 27.4. The summed E-state index contributed by atoms with van der Waals surface area (Å²) in [6.07, 6.45) is -21.3. The SMILES string of the molecule is COC(=O)[C@@H]1C[C@@H](O)[C@H](NC(=O)N[C@](Cc2ccccc2)(c2ccc(F)cc2)c2cc(F)cc(OC(F)(F)C(F)F)c2)C1.COC(=O)[C@H]1C[C@@H](NC(=O)N[C@](Cc2ccccc2)(c2ccc(F)cc2)c2cc(F)cc(OC(F)(F)C(F)F)c2)C(F)(F)C1. The molecule has 2 fully saturated rings. The Hall–Kier alpha value is -8.62.